The van der Waals surface area contributed by atoms with E-state index in [4.69, 9.17) is 0 Å². The van der Waals surface area contributed by atoms with Crippen LogP contribution in [0.25, 0.3) is 0 Å². The van der Waals surface area contributed by atoms with Crippen molar-refractivity contribution in [3.63, 3.8) is 0 Å². The Hall–Kier alpha value is 0.480. The normalized spacial score (nSPS) is 40.1. The zero-order valence-electron chi connectivity index (χ0n) is 7.06. The first-order valence-corrected chi connectivity index (χ1v) is 5.92. The molecule has 2 unspecified atom stereocenters. The number of hydrogen-bond donors (Lipinski definition) is 0. The number of rotatable bonds is 1. The highest BCUT2D eigenvalue weighted by Gasteiger charge is 2.30. The van der Waals surface area contributed by atoms with Crippen molar-refractivity contribution < 1.29 is 0 Å². The number of alkyl halides is 1. The standard InChI is InChI=1S/C10H17Br/c11-10-6-2-5-9(7-10)8-3-1-4-8/h8-10H,1-7H2. The third-order valence-electron chi connectivity index (χ3n) is 3.47. The fourth-order valence-corrected chi connectivity index (χ4v) is 3.31. The first-order valence-electron chi connectivity index (χ1n) is 5.00. The van der Waals surface area contributed by atoms with E-state index in [1.54, 1.807) is 0 Å². The second-order valence-electron chi connectivity index (χ2n) is 4.21. The summed E-state index contributed by atoms with van der Waals surface area (Å²) in [5.74, 6) is 2.21. The third kappa shape index (κ3) is 1.80. The molecule has 0 nitrogen and oxygen atoms in total. The Bertz CT molecular complexity index is 129. The van der Waals surface area contributed by atoms with E-state index in [9.17, 15) is 0 Å². The van der Waals surface area contributed by atoms with E-state index < -0.39 is 0 Å². The molecular weight excluding hydrogens is 200 g/mol. The first-order chi connectivity index (χ1) is 5.36. The molecule has 2 saturated carbocycles. The highest BCUT2D eigenvalue weighted by atomic mass is 79.9. The molecule has 2 aliphatic carbocycles. The molecule has 64 valence electrons. The highest BCUT2D eigenvalue weighted by molar-refractivity contribution is 9.09. The average Bonchev–Trinajstić information content (AvgIpc) is 1.83. The van der Waals surface area contributed by atoms with Crippen molar-refractivity contribution in [1.82, 2.24) is 0 Å². The van der Waals surface area contributed by atoms with Gasteiger partial charge < -0.3 is 0 Å². The summed E-state index contributed by atoms with van der Waals surface area (Å²) in [6, 6.07) is 0. The van der Waals surface area contributed by atoms with Crippen LogP contribution in [0.2, 0.25) is 0 Å². The largest absolute Gasteiger partial charge is 0.0891 e. The van der Waals surface area contributed by atoms with Crippen LogP contribution in [0.5, 0.6) is 0 Å². The van der Waals surface area contributed by atoms with Gasteiger partial charge in [-0.25, -0.2) is 0 Å². The van der Waals surface area contributed by atoms with Gasteiger partial charge in [0.05, 0.1) is 0 Å². The summed E-state index contributed by atoms with van der Waals surface area (Å²) in [7, 11) is 0. The molecule has 0 aliphatic heterocycles. The smallest absolute Gasteiger partial charge is 0.0148 e. The lowest BCUT2D eigenvalue weighted by molar-refractivity contribution is 0.165. The van der Waals surface area contributed by atoms with Gasteiger partial charge in [0.1, 0.15) is 0 Å². The Morgan fingerprint density at radius 2 is 1.45 bits per heavy atom. The minimum atomic E-state index is 0.849. The zero-order chi connectivity index (χ0) is 7.68. The summed E-state index contributed by atoms with van der Waals surface area (Å²) < 4.78 is 0. The van der Waals surface area contributed by atoms with Crippen molar-refractivity contribution in [3.05, 3.63) is 0 Å². The quantitative estimate of drug-likeness (QED) is 0.587. The summed E-state index contributed by atoms with van der Waals surface area (Å²) in [4.78, 5) is 0.849. The van der Waals surface area contributed by atoms with Crippen LogP contribution in [0.4, 0.5) is 0 Å². The lowest BCUT2D eigenvalue weighted by Crippen LogP contribution is -2.27. The van der Waals surface area contributed by atoms with Crippen molar-refractivity contribution in [3.8, 4) is 0 Å². The maximum absolute atomic E-state index is 3.75. The van der Waals surface area contributed by atoms with Gasteiger partial charge in [0.2, 0.25) is 0 Å². The van der Waals surface area contributed by atoms with E-state index in [-0.39, 0.29) is 0 Å². The second-order valence-corrected chi connectivity index (χ2v) is 5.51. The Kier molecular flexibility index (Phi) is 2.55. The van der Waals surface area contributed by atoms with Crippen LogP contribution >= 0.6 is 15.9 Å². The van der Waals surface area contributed by atoms with Crippen molar-refractivity contribution in [2.45, 2.75) is 49.8 Å². The van der Waals surface area contributed by atoms with E-state index >= 15 is 0 Å². The summed E-state index contributed by atoms with van der Waals surface area (Å²) in [5.41, 5.74) is 0. The van der Waals surface area contributed by atoms with Crippen molar-refractivity contribution in [2.75, 3.05) is 0 Å². The molecule has 11 heavy (non-hydrogen) atoms. The molecule has 0 aromatic heterocycles. The molecule has 0 spiro atoms. The molecule has 2 atom stereocenters. The molecule has 2 rings (SSSR count). The predicted octanol–water partition coefficient (Wildman–Crippen LogP) is 3.74. The van der Waals surface area contributed by atoms with Gasteiger partial charge in [-0.15, -0.1) is 0 Å². The minimum Gasteiger partial charge on any atom is -0.0891 e. The highest BCUT2D eigenvalue weighted by Crippen LogP contribution is 2.42. The molecule has 0 saturated heterocycles. The van der Waals surface area contributed by atoms with Crippen molar-refractivity contribution in [1.29, 1.82) is 0 Å². The molecular formula is C10H17Br. The topological polar surface area (TPSA) is 0 Å². The van der Waals surface area contributed by atoms with Crippen molar-refractivity contribution >= 4 is 15.9 Å². The van der Waals surface area contributed by atoms with Gasteiger partial charge in [0, 0.05) is 4.83 Å². The predicted molar refractivity (Wildman–Crippen MR) is 52.0 cm³/mol. The second kappa shape index (κ2) is 3.47. The molecule has 1 heteroatoms. The molecule has 0 aromatic carbocycles. The van der Waals surface area contributed by atoms with Crippen LogP contribution in [-0.2, 0) is 0 Å². The van der Waals surface area contributed by atoms with E-state index in [2.05, 4.69) is 15.9 Å². The Morgan fingerprint density at radius 3 is 2.00 bits per heavy atom. The van der Waals surface area contributed by atoms with Gasteiger partial charge in [0.25, 0.3) is 0 Å². The van der Waals surface area contributed by atoms with Crippen LogP contribution in [0.15, 0.2) is 0 Å². The lowest BCUT2D eigenvalue weighted by atomic mass is 9.70. The average molecular weight is 217 g/mol. The van der Waals surface area contributed by atoms with Gasteiger partial charge in [0.15, 0.2) is 0 Å². The van der Waals surface area contributed by atoms with Gasteiger partial charge in [-0.05, 0) is 24.7 Å². The SMILES string of the molecule is BrC1CCCC(C2CCC2)C1. The molecule has 2 aliphatic rings. The molecule has 0 aromatic rings. The van der Waals surface area contributed by atoms with Gasteiger partial charge >= 0.3 is 0 Å². The number of halogens is 1. The summed E-state index contributed by atoms with van der Waals surface area (Å²) in [5, 5.41) is 0. The zero-order valence-corrected chi connectivity index (χ0v) is 8.65. The van der Waals surface area contributed by atoms with E-state index in [0.29, 0.717) is 0 Å². The van der Waals surface area contributed by atoms with E-state index in [1.165, 1.54) is 44.9 Å². The van der Waals surface area contributed by atoms with Gasteiger partial charge in [-0.1, -0.05) is 48.0 Å². The Labute approximate surface area is 77.9 Å². The monoisotopic (exact) mass is 216 g/mol. The first kappa shape index (κ1) is 8.10. The maximum atomic E-state index is 3.75. The molecule has 2 fully saturated rings. The van der Waals surface area contributed by atoms with Crippen LogP contribution in [0, 0.1) is 11.8 Å². The molecule has 0 N–H and O–H groups in total. The summed E-state index contributed by atoms with van der Waals surface area (Å²) in [6.07, 6.45) is 10.4. The minimum absolute atomic E-state index is 0.849. The van der Waals surface area contributed by atoms with Crippen LogP contribution in [0.1, 0.15) is 44.9 Å². The van der Waals surface area contributed by atoms with Crippen LogP contribution in [0.3, 0.4) is 0 Å². The Balaban J connectivity index is 1.82. The lowest BCUT2D eigenvalue weighted by Gasteiger charge is -2.37. The summed E-state index contributed by atoms with van der Waals surface area (Å²) >= 11 is 3.75. The van der Waals surface area contributed by atoms with Gasteiger partial charge in [-0.3, -0.25) is 0 Å². The number of hydrogen-bond acceptors (Lipinski definition) is 0. The molecule has 0 radical (unpaired) electrons. The van der Waals surface area contributed by atoms with Crippen LogP contribution in [-0.4, -0.2) is 4.83 Å². The maximum Gasteiger partial charge on any atom is 0.0148 e. The summed E-state index contributed by atoms with van der Waals surface area (Å²) in [6.45, 7) is 0. The fraction of sp³-hybridized carbons (Fsp3) is 1.00. The molecule has 0 bridgehead atoms. The fourth-order valence-electron chi connectivity index (χ4n) is 2.51. The van der Waals surface area contributed by atoms with Crippen LogP contribution < -0.4 is 0 Å². The van der Waals surface area contributed by atoms with Gasteiger partial charge in [-0.2, -0.15) is 0 Å². The molecule has 0 amide bonds. The third-order valence-corrected chi connectivity index (χ3v) is 4.30. The van der Waals surface area contributed by atoms with Crippen molar-refractivity contribution in [2.24, 2.45) is 11.8 Å². The molecule has 0 heterocycles. The van der Waals surface area contributed by atoms with E-state index in [1.807, 2.05) is 0 Å². The Morgan fingerprint density at radius 1 is 0.818 bits per heavy atom. The van der Waals surface area contributed by atoms with E-state index in [0.717, 1.165) is 16.7 Å².